The zero-order valence-corrected chi connectivity index (χ0v) is 13.8. The fraction of sp³-hybridized carbons (Fsp3) is 0.533. The van der Waals surface area contributed by atoms with Crippen molar-refractivity contribution >= 4 is 15.9 Å². The molecular formula is C15H21FN2O4S. The van der Waals surface area contributed by atoms with Gasteiger partial charge in [0.15, 0.2) is 0 Å². The first-order chi connectivity index (χ1) is 10.8. The molecule has 6 nitrogen and oxygen atoms in total. The number of carbonyl (C=O) groups is 1. The number of nitrogens with zero attached hydrogens (tertiary/aromatic N) is 1. The highest BCUT2D eigenvalue weighted by Crippen LogP contribution is 2.14. The number of likely N-dealkylation sites (tertiary alicyclic amines) is 1. The summed E-state index contributed by atoms with van der Waals surface area (Å²) in [5.74, 6) is 0.0905. The Hall–Kier alpha value is -1.67. The zero-order chi connectivity index (χ0) is 16.9. The predicted octanol–water partition coefficient (Wildman–Crippen LogP) is 1.13. The van der Waals surface area contributed by atoms with Gasteiger partial charge < -0.3 is 9.64 Å². The van der Waals surface area contributed by atoms with Crippen LogP contribution in [0.5, 0.6) is 5.75 Å². The van der Waals surface area contributed by atoms with Crippen LogP contribution in [0, 0.1) is 5.82 Å². The van der Waals surface area contributed by atoms with Crippen LogP contribution in [-0.4, -0.2) is 51.2 Å². The van der Waals surface area contributed by atoms with Gasteiger partial charge in [0.25, 0.3) is 0 Å². The lowest BCUT2D eigenvalue weighted by Gasteiger charge is -2.32. The summed E-state index contributed by atoms with van der Waals surface area (Å²) in [6.45, 7) is 1.20. The van der Waals surface area contributed by atoms with Gasteiger partial charge in [-0.1, -0.05) is 0 Å². The van der Waals surface area contributed by atoms with Gasteiger partial charge in [0.2, 0.25) is 15.9 Å². The van der Waals surface area contributed by atoms with Crippen molar-refractivity contribution in [3.05, 3.63) is 30.1 Å². The second-order valence-electron chi connectivity index (χ2n) is 5.62. The Morgan fingerprint density at radius 3 is 2.74 bits per heavy atom. The first-order valence-corrected chi connectivity index (χ1v) is 9.36. The molecule has 0 radical (unpaired) electrons. The van der Waals surface area contributed by atoms with E-state index in [1.165, 1.54) is 24.3 Å². The van der Waals surface area contributed by atoms with Gasteiger partial charge in [-0.15, -0.1) is 0 Å². The Labute approximate surface area is 135 Å². The molecule has 1 unspecified atom stereocenters. The van der Waals surface area contributed by atoms with Crippen LogP contribution in [0.2, 0.25) is 0 Å². The number of carbonyl (C=O) groups excluding carboxylic acids is 1. The molecule has 0 spiro atoms. The van der Waals surface area contributed by atoms with Gasteiger partial charge >= 0.3 is 0 Å². The van der Waals surface area contributed by atoms with Gasteiger partial charge in [-0.05, 0) is 37.1 Å². The fourth-order valence-electron chi connectivity index (χ4n) is 2.55. The van der Waals surface area contributed by atoms with Crippen LogP contribution in [0.1, 0.15) is 19.3 Å². The van der Waals surface area contributed by atoms with E-state index in [1.807, 2.05) is 0 Å². The summed E-state index contributed by atoms with van der Waals surface area (Å²) in [4.78, 5) is 13.8. The topological polar surface area (TPSA) is 75.7 Å². The van der Waals surface area contributed by atoms with E-state index in [1.54, 1.807) is 4.90 Å². The maximum atomic E-state index is 12.8. The van der Waals surface area contributed by atoms with E-state index in [2.05, 4.69) is 4.72 Å². The Morgan fingerprint density at radius 2 is 2.09 bits per heavy atom. The molecule has 2 rings (SSSR count). The normalized spacial score (nSPS) is 18.7. The van der Waals surface area contributed by atoms with E-state index >= 15 is 0 Å². The summed E-state index contributed by atoms with van der Waals surface area (Å²) in [5, 5.41) is 0. The lowest BCUT2D eigenvalue weighted by atomic mass is 10.1. The molecule has 0 saturated carbocycles. The van der Waals surface area contributed by atoms with E-state index in [4.69, 9.17) is 4.74 Å². The first-order valence-electron chi connectivity index (χ1n) is 7.47. The third-order valence-electron chi connectivity index (χ3n) is 3.55. The first kappa shape index (κ1) is 17.7. The Balaban J connectivity index is 1.77. The lowest BCUT2D eigenvalue weighted by Crippen LogP contribution is -2.49. The molecule has 1 amide bonds. The fourth-order valence-corrected chi connectivity index (χ4v) is 3.35. The Bertz CT molecular complexity index is 633. The highest BCUT2D eigenvalue weighted by atomic mass is 32.2. The number of benzene rings is 1. The monoisotopic (exact) mass is 344 g/mol. The molecule has 1 aliphatic rings. The largest absolute Gasteiger partial charge is 0.493 e. The minimum Gasteiger partial charge on any atom is -0.493 e. The SMILES string of the molecule is CS(=O)(=O)NC1CCCN(C(=O)CCOc2ccc(F)cc2)C1. The molecule has 23 heavy (non-hydrogen) atoms. The molecule has 1 aromatic rings. The molecule has 8 heteroatoms. The molecule has 1 atom stereocenters. The molecule has 1 heterocycles. The van der Waals surface area contributed by atoms with Crippen molar-refractivity contribution in [1.29, 1.82) is 0 Å². The Kier molecular flexibility index (Phi) is 5.95. The van der Waals surface area contributed by atoms with Gasteiger partial charge in [-0.3, -0.25) is 4.79 Å². The molecule has 128 valence electrons. The summed E-state index contributed by atoms with van der Waals surface area (Å²) < 4.78 is 43.3. The molecule has 1 fully saturated rings. The van der Waals surface area contributed by atoms with Gasteiger partial charge in [0.05, 0.1) is 19.3 Å². The number of rotatable bonds is 6. The van der Waals surface area contributed by atoms with Crippen LogP contribution >= 0.6 is 0 Å². The van der Waals surface area contributed by atoms with E-state index in [9.17, 15) is 17.6 Å². The molecule has 1 aromatic carbocycles. The minimum atomic E-state index is -3.27. The van der Waals surface area contributed by atoms with Crippen molar-refractivity contribution in [2.45, 2.75) is 25.3 Å². The second kappa shape index (κ2) is 7.74. The zero-order valence-electron chi connectivity index (χ0n) is 13.0. The number of amides is 1. The molecule has 1 saturated heterocycles. The van der Waals surface area contributed by atoms with Crippen LogP contribution in [0.25, 0.3) is 0 Å². The van der Waals surface area contributed by atoms with Crippen molar-refractivity contribution in [3.63, 3.8) is 0 Å². The summed E-state index contributed by atoms with van der Waals surface area (Å²) >= 11 is 0. The van der Waals surface area contributed by atoms with Gasteiger partial charge in [-0.2, -0.15) is 0 Å². The van der Waals surface area contributed by atoms with Gasteiger partial charge in [0, 0.05) is 19.1 Å². The van der Waals surface area contributed by atoms with Crippen molar-refractivity contribution in [2.75, 3.05) is 26.0 Å². The third kappa shape index (κ3) is 6.15. The highest BCUT2D eigenvalue weighted by molar-refractivity contribution is 7.88. The van der Waals surface area contributed by atoms with Crippen molar-refractivity contribution in [1.82, 2.24) is 9.62 Å². The number of hydrogen-bond donors (Lipinski definition) is 1. The Morgan fingerprint density at radius 1 is 1.39 bits per heavy atom. The number of ether oxygens (including phenoxy) is 1. The molecule has 0 aromatic heterocycles. The second-order valence-corrected chi connectivity index (χ2v) is 7.40. The summed E-state index contributed by atoms with van der Waals surface area (Å²) in [6, 6.07) is 5.37. The number of hydrogen-bond acceptors (Lipinski definition) is 4. The van der Waals surface area contributed by atoms with Crippen molar-refractivity contribution in [3.8, 4) is 5.75 Å². The molecule has 1 N–H and O–H groups in total. The van der Waals surface area contributed by atoms with Crippen LogP contribution in [-0.2, 0) is 14.8 Å². The molecule has 0 bridgehead atoms. The number of halogens is 1. The van der Waals surface area contributed by atoms with Gasteiger partial charge in [-0.25, -0.2) is 17.5 Å². The summed E-state index contributed by atoms with van der Waals surface area (Å²) in [6.07, 6.45) is 2.80. The molecular weight excluding hydrogens is 323 g/mol. The maximum absolute atomic E-state index is 12.8. The van der Waals surface area contributed by atoms with E-state index in [0.29, 0.717) is 18.8 Å². The number of piperidine rings is 1. The number of sulfonamides is 1. The lowest BCUT2D eigenvalue weighted by molar-refractivity contribution is -0.133. The average molecular weight is 344 g/mol. The third-order valence-corrected chi connectivity index (χ3v) is 4.31. The number of nitrogens with one attached hydrogen (secondary N) is 1. The van der Waals surface area contributed by atoms with Crippen LogP contribution in [0.3, 0.4) is 0 Å². The molecule has 0 aliphatic carbocycles. The van der Waals surface area contributed by atoms with Crippen LogP contribution in [0.15, 0.2) is 24.3 Å². The highest BCUT2D eigenvalue weighted by Gasteiger charge is 2.25. The van der Waals surface area contributed by atoms with Gasteiger partial charge in [0.1, 0.15) is 11.6 Å². The average Bonchev–Trinajstić information content (AvgIpc) is 2.48. The van der Waals surface area contributed by atoms with E-state index < -0.39 is 10.0 Å². The van der Waals surface area contributed by atoms with E-state index in [0.717, 1.165) is 19.1 Å². The van der Waals surface area contributed by atoms with Crippen LogP contribution in [0.4, 0.5) is 4.39 Å². The van der Waals surface area contributed by atoms with Crippen LogP contribution < -0.4 is 9.46 Å². The van der Waals surface area contributed by atoms with Crippen molar-refractivity contribution < 1.29 is 22.3 Å². The van der Waals surface area contributed by atoms with E-state index in [-0.39, 0.29) is 30.8 Å². The molecule has 1 aliphatic heterocycles. The maximum Gasteiger partial charge on any atom is 0.226 e. The standard InChI is InChI=1S/C15H21FN2O4S/c1-23(20,21)17-13-3-2-9-18(11-13)15(19)8-10-22-14-6-4-12(16)5-7-14/h4-7,13,17H,2-3,8-11H2,1H3. The smallest absolute Gasteiger partial charge is 0.226 e. The minimum absolute atomic E-state index is 0.0767. The summed E-state index contributed by atoms with van der Waals surface area (Å²) in [7, 11) is -3.27. The summed E-state index contributed by atoms with van der Waals surface area (Å²) in [5.41, 5.74) is 0. The quantitative estimate of drug-likeness (QED) is 0.839. The van der Waals surface area contributed by atoms with Crippen molar-refractivity contribution in [2.24, 2.45) is 0 Å². The predicted molar refractivity (Wildman–Crippen MR) is 84.1 cm³/mol.